The van der Waals surface area contributed by atoms with Crippen LogP contribution in [0, 0.1) is 0 Å². The Labute approximate surface area is 132 Å². The molecule has 8 nitrogen and oxygen atoms in total. The minimum Gasteiger partial charge on any atom is -0.481 e. The van der Waals surface area contributed by atoms with Crippen LogP contribution in [0.2, 0.25) is 0 Å². The lowest BCUT2D eigenvalue weighted by atomic mass is 10.1. The van der Waals surface area contributed by atoms with E-state index in [2.05, 4.69) is 5.32 Å². The van der Waals surface area contributed by atoms with Gasteiger partial charge < -0.3 is 20.9 Å². The first-order valence-electron chi connectivity index (χ1n) is 6.90. The van der Waals surface area contributed by atoms with E-state index in [9.17, 15) is 19.2 Å². The number of nitrogens with two attached hydrogens (primary N) is 1. The van der Waals surface area contributed by atoms with Crippen LogP contribution in [0.3, 0.4) is 0 Å². The van der Waals surface area contributed by atoms with Crippen molar-refractivity contribution < 1.29 is 29.0 Å². The highest BCUT2D eigenvalue weighted by atomic mass is 16.5. The van der Waals surface area contributed by atoms with Gasteiger partial charge >= 0.3 is 11.9 Å². The summed E-state index contributed by atoms with van der Waals surface area (Å²) in [6.07, 6.45) is -0.420. The van der Waals surface area contributed by atoms with Crippen molar-refractivity contribution in [1.29, 1.82) is 0 Å². The molecule has 1 atom stereocenters. The third-order valence-electron chi connectivity index (χ3n) is 2.91. The van der Waals surface area contributed by atoms with E-state index in [-0.39, 0.29) is 24.9 Å². The van der Waals surface area contributed by atoms with Gasteiger partial charge in [0.05, 0.1) is 18.2 Å². The number of Topliss-reactive ketones (excluding diaryl/α,β-unsaturated/α-hetero) is 1. The maximum Gasteiger partial charge on any atom is 0.338 e. The minimum atomic E-state index is -1.11. The van der Waals surface area contributed by atoms with E-state index in [1.54, 1.807) is 18.2 Å². The zero-order valence-electron chi connectivity index (χ0n) is 12.4. The maximum absolute atomic E-state index is 12.0. The molecule has 0 radical (unpaired) electrons. The second kappa shape index (κ2) is 9.31. The number of carboxylic acid groups (broad SMARTS) is 1. The Hall–Kier alpha value is -2.74. The number of esters is 1. The van der Waals surface area contributed by atoms with Crippen LogP contribution in [-0.4, -0.2) is 47.9 Å². The van der Waals surface area contributed by atoms with E-state index in [0.717, 1.165) is 0 Å². The molecule has 0 aliphatic rings. The number of benzene rings is 1. The van der Waals surface area contributed by atoms with Gasteiger partial charge in [0, 0.05) is 6.42 Å². The molecule has 8 heteroatoms. The summed E-state index contributed by atoms with van der Waals surface area (Å²) in [7, 11) is 0. The molecule has 0 aliphatic heterocycles. The molecule has 1 amide bonds. The first kappa shape index (κ1) is 18.3. The van der Waals surface area contributed by atoms with Crippen molar-refractivity contribution in [2.75, 3.05) is 13.2 Å². The van der Waals surface area contributed by atoms with Crippen LogP contribution in [0.25, 0.3) is 0 Å². The normalized spacial score (nSPS) is 11.3. The number of carbonyl (C=O) groups is 4. The lowest BCUT2D eigenvalue weighted by Gasteiger charge is -2.16. The van der Waals surface area contributed by atoms with Crippen LogP contribution in [0.15, 0.2) is 30.3 Å². The van der Waals surface area contributed by atoms with Gasteiger partial charge in [0.25, 0.3) is 0 Å². The highest BCUT2D eigenvalue weighted by Gasteiger charge is 2.22. The first-order valence-corrected chi connectivity index (χ1v) is 6.90. The fourth-order valence-electron chi connectivity index (χ4n) is 1.73. The molecule has 124 valence electrons. The molecular weight excluding hydrogens is 304 g/mol. The van der Waals surface area contributed by atoms with Crippen LogP contribution in [0.4, 0.5) is 0 Å². The third-order valence-corrected chi connectivity index (χ3v) is 2.91. The molecular formula is C15H18N2O6. The van der Waals surface area contributed by atoms with Gasteiger partial charge in [-0.2, -0.15) is 0 Å². The molecule has 0 aliphatic carbocycles. The number of amides is 1. The van der Waals surface area contributed by atoms with Crippen LogP contribution >= 0.6 is 0 Å². The Kier molecular flexibility index (Phi) is 7.41. The molecule has 23 heavy (non-hydrogen) atoms. The third kappa shape index (κ3) is 6.70. The summed E-state index contributed by atoms with van der Waals surface area (Å²) in [4.78, 5) is 45.6. The van der Waals surface area contributed by atoms with E-state index < -0.39 is 36.3 Å². The van der Waals surface area contributed by atoms with Gasteiger partial charge in [-0.05, 0) is 18.6 Å². The van der Waals surface area contributed by atoms with Crippen LogP contribution < -0.4 is 11.1 Å². The summed E-state index contributed by atoms with van der Waals surface area (Å²) in [5.41, 5.74) is 5.44. The minimum absolute atomic E-state index is 0.108. The molecule has 1 aromatic carbocycles. The molecule has 0 saturated carbocycles. The topological polar surface area (TPSA) is 136 Å². The molecule has 4 N–H and O–H groups in total. The Morgan fingerprint density at radius 2 is 1.83 bits per heavy atom. The van der Waals surface area contributed by atoms with E-state index in [1.807, 2.05) is 0 Å². The average Bonchev–Trinajstić information content (AvgIpc) is 2.56. The summed E-state index contributed by atoms with van der Waals surface area (Å²) in [5, 5.41) is 11.0. The molecule has 0 aromatic heterocycles. The summed E-state index contributed by atoms with van der Waals surface area (Å²) >= 11 is 0. The number of hydrogen-bond donors (Lipinski definition) is 3. The second-order valence-corrected chi connectivity index (χ2v) is 4.67. The molecule has 0 heterocycles. The molecule has 0 bridgehead atoms. The maximum atomic E-state index is 12.0. The largest absolute Gasteiger partial charge is 0.481 e. The van der Waals surface area contributed by atoms with Crippen molar-refractivity contribution in [1.82, 2.24) is 5.32 Å². The number of hydrogen-bond acceptors (Lipinski definition) is 6. The van der Waals surface area contributed by atoms with Crippen LogP contribution in [0.1, 0.15) is 23.2 Å². The molecule has 0 spiro atoms. The Balaban J connectivity index is 2.59. The fraction of sp³-hybridized carbons (Fsp3) is 0.333. The van der Waals surface area contributed by atoms with Crippen molar-refractivity contribution in [3.8, 4) is 0 Å². The number of carboxylic acids is 1. The molecule has 1 aromatic rings. The van der Waals surface area contributed by atoms with Crippen molar-refractivity contribution in [2.45, 2.75) is 18.9 Å². The smallest absolute Gasteiger partial charge is 0.338 e. The van der Waals surface area contributed by atoms with Gasteiger partial charge in [0.1, 0.15) is 0 Å². The van der Waals surface area contributed by atoms with Crippen LogP contribution in [-0.2, 0) is 19.1 Å². The van der Waals surface area contributed by atoms with Gasteiger partial charge in [0.2, 0.25) is 5.91 Å². The number of ether oxygens (including phenoxy) is 1. The summed E-state index contributed by atoms with van der Waals surface area (Å²) in [6, 6.07) is 7.03. The van der Waals surface area contributed by atoms with Crippen molar-refractivity contribution >= 4 is 23.6 Å². The summed E-state index contributed by atoms with van der Waals surface area (Å²) in [5.74, 6) is -2.98. The monoisotopic (exact) mass is 322 g/mol. The number of nitrogens with one attached hydrogen (secondary N) is 1. The zero-order chi connectivity index (χ0) is 17.2. The Morgan fingerprint density at radius 1 is 1.17 bits per heavy atom. The predicted molar refractivity (Wildman–Crippen MR) is 79.6 cm³/mol. The first-order chi connectivity index (χ1) is 10.9. The van der Waals surface area contributed by atoms with Gasteiger partial charge in [-0.15, -0.1) is 0 Å². The van der Waals surface area contributed by atoms with Crippen molar-refractivity contribution in [3.05, 3.63) is 35.9 Å². The Morgan fingerprint density at radius 3 is 2.39 bits per heavy atom. The Bertz CT molecular complexity index is 573. The number of carbonyl (C=O) groups excluding carboxylic acids is 3. The number of aliphatic carboxylic acids is 1. The average molecular weight is 322 g/mol. The van der Waals surface area contributed by atoms with E-state index in [0.29, 0.717) is 0 Å². The lowest BCUT2D eigenvalue weighted by molar-refractivity contribution is -0.138. The second-order valence-electron chi connectivity index (χ2n) is 4.67. The van der Waals surface area contributed by atoms with E-state index in [1.165, 1.54) is 12.1 Å². The number of ketones is 1. The van der Waals surface area contributed by atoms with Crippen molar-refractivity contribution in [2.24, 2.45) is 5.73 Å². The fourth-order valence-corrected chi connectivity index (χ4v) is 1.73. The number of rotatable bonds is 9. The quantitative estimate of drug-likeness (QED) is 0.532. The zero-order valence-corrected chi connectivity index (χ0v) is 12.4. The highest BCUT2D eigenvalue weighted by molar-refractivity contribution is 5.94. The van der Waals surface area contributed by atoms with Crippen molar-refractivity contribution in [3.63, 3.8) is 0 Å². The van der Waals surface area contributed by atoms with Crippen LogP contribution in [0.5, 0.6) is 0 Å². The summed E-state index contributed by atoms with van der Waals surface area (Å²) < 4.78 is 4.87. The van der Waals surface area contributed by atoms with Gasteiger partial charge in [0.15, 0.2) is 12.4 Å². The van der Waals surface area contributed by atoms with E-state index >= 15 is 0 Å². The molecule has 0 unspecified atom stereocenters. The van der Waals surface area contributed by atoms with Gasteiger partial charge in [-0.3, -0.25) is 14.4 Å². The predicted octanol–water partition coefficient (Wildman–Crippen LogP) is -0.279. The lowest BCUT2D eigenvalue weighted by Crippen LogP contribution is -2.45. The SMILES string of the molecule is NCC(=O)N[C@@H](CCC(=O)O)C(=O)COC(=O)c1ccccc1. The molecule has 0 fully saturated rings. The summed E-state index contributed by atoms with van der Waals surface area (Å²) in [6.45, 7) is -0.899. The standard InChI is InChI=1S/C15H18N2O6/c16-8-13(19)17-11(6-7-14(20)21)12(18)9-23-15(22)10-4-2-1-3-5-10/h1-5,11H,6-9,16H2,(H,17,19)(H,20,21)/t11-/m0/s1. The molecule has 0 saturated heterocycles. The molecule has 1 rings (SSSR count). The highest BCUT2D eigenvalue weighted by Crippen LogP contribution is 2.04. The van der Waals surface area contributed by atoms with Gasteiger partial charge in [-0.25, -0.2) is 4.79 Å². The van der Waals surface area contributed by atoms with Gasteiger partial charge in [-0.1, -0.05) is 18.2 Å². The van der Waals surface area contributed by atoms with E-state index in [4.69, 9.17) is 15.6 Å².